The van der Waals surface area contributed by atoms with Gasteiger partial charge in [0.05, 0.1) is 11.3 Å². The zero-order valence-electron chi connectivity index (χ0n) is 19.0. The van der Waals surface area contributed by atoms with Crippen LogP contribution in [0.2, 0.25) is 0 Å². The molecule has 0 unspecified atom stereocenters. The van der Waals surface area contributed by atoms with Gasteiger partial charge in [-0.05, 0) is 35.9 Å². The van der Waals surface area contributed by atoms with Gasteiger partial charge in [-0.15, -0.1) is 0 Å². The lowest BCUT2D eigenvalue weighted by Gasteiger charge is -2.16. The summed E-state index contributed by atoms with van der Waals surface area (Å²) in [7, 11) is 3.95. The Morgan fingerprint density at radius 2 is 1.50 bits per heavy atom. The first kappa shape index (κ1) is 21.4. The van der Waals surface area contributed by atoms with Crippen molar-refractivity contribution in [2.24, 2.45) is 0 Å². The second-order valence-corrected chi connectivity index (χ2v) is 8.29. The molecule has 5 rings (SSSR count). The molecule has 0 atom stereocenters. The van der Waals surface area contributed by atoms with Crippen LogP contribution < -0.4 is 10.5 Å². The molecule has 0 saturated heterocycles. The molecule has 0 saturated carbocycles. The monoisotopic (exact) mass is 443 g/mol. The van der Waals surface area contributed by atoms with Crippen molar-refractivity contribution in [3.05, 3.63) is 136 Å². The summed E-state index contributed by atoms with van der Waals surface area (Å²) >= 11 is 0. The number of ketones is 1. The third-order valence-corrected chi connectivity index (χ3v) is 5.97. The number of nitrogens with zero attached hydrogens (tertiary/aromatic N) is 2. The van der Waals surface area contributed by atoms with Gasteiger partial charge in [-0.3, -0.25) is 14.2 Å². The number of benzene rings is 2. The predicted octanol–water partition coefficient (Wildman–Crippen LogP) is 5.31. The molecule has 0 bridgehead atoms. The van der Waals surface area contributed by atoms with Crippen LogP contribution in [-0.2, 0) is 4.79 Å². The van der Waals surface area contributed by atoms with Gasteiger partial charge in [0.1, 0.15) is 0 Å². The molecule has 0 spiro atoms. The maximum absolute atomic E-state index is 14.1. The largest absolute Gasteiger partial charge is 0.378 e. The molecule has 3 aliphatic rings. The van der Waals surface area contributed by atoms with Crippen molar-refractivity contribution in [3.63, 3.8) is 0 Å². The second kappa shape index (κ2) is 8.83. The van der Waals surface area contributed by atoms with E-state index in [4.69, 9.17) is 0 Å². The summed E-state index contributed by atoms with van der Waals surface area (Å²) in [5.74, 6) is -0.241. The minimum Gasteiger partial charge on any atom is -0.378 e. The average molecular weight is 444 g/mol. The van der Waals surface area contributed by atoms with E-state index < -0.39 is 0 Å². The number of para-hydroxylation sites is 1. The average Bonchev–Trinajstić information content (AvgIpc) is 2.98. The number of carbonyl (C=O) groups excluding carboxylic acids is 1. The summed E-state index contributed by atoms with van der Waals surface area (Å²) in [6.45, 7) is 0. The van der Waals surface area contributed by atoms with E-state index >= 15 is 0 Å². The van der Waals surface area contributed by atoms with E-state index in [1.54, 1.807) is 22.8 Å². The number of anilines is 1. The Bertz CT molecular complexity index is 1490. The van der Waals surface area contributed by atoms with E-state index in [0.29, 0.717) is 16.7 Å². The fraction of sp³-hybridized carbons (Fsp3) is 0.0667. The van der Waals surface area contributed by atoms with Gasteiger partial charge in [0.2, 0.25) is 0 Å². The molecule has 165 valence electrons. The highest BCUT2D eigenvalue weighted by Crippen LogP contribution is 2.37. The van der Waals surface area contributed by atoms with Crippen molar-refractivity contribution in [2.75, 3.05) is 19.0 Å². The topological polar surface area (TPSA) is 42.3 Å². The van der Waals surface area contributed by atoms with E-state index in [1.807, 2.05) is 104 Å². The molecule has 1 radical (unpaired) electrons. The van der Waals surface area contributed by atoms with E-state index in [0.717, 1.165) is 28.2 Å². The van der Waals surface area contributed by atoms with Gasteiger partial charge in [0.15, 0.2) is 5.78 Å². The maximum Gasteiger partial charge on any atom is 0.264 e. The van der Waals surface area contributed by atoms with Crippen LogP contribution in [0.15, 0.2) is 114 Å². The van der Waals surface area contributed by atoms with E-state index in [2.05, 4.69) is 6.08 Å². The van der Waals surface area contributed by atoms with Gasteiger partial charge in [0, 0.05) is 48.3 Å². The van der Waals surface area contributed by atoms with Crippen molar-refractivity contribution in [3.8, 4) is 16.9 Å². The lowest BCUT2D eigenvalue weighted by atomic mass is 9.88. The molecule has 2 aromatic rings. The molecule has 0 N–H and O–H groups in total. The first-order valence-corrected chi connectivity index (χ1v) is 11.1. The molecule has 2 aliphatic carbocycles. The Morgan fingerprint density at radius 3 is 2.18 bits per heavy atom. The van der Waals surface area contributed by atoms with Crippen molar-refractivity contribution in [2.45, 2.75) is 0 Å². The van der Waals surface area contributed by atoms with Crippen molar-refractivity contribution >= 4 is 17.0 Å². The number of hydrogen-bond donors (Lipinski definition) is 0. The normalized spacial score (nSPS) is 14.5. The Kier molecular flexibility index (Phi) is 5.56. The van der Waals surface area contributed by atoms with Crippen LogP contribution in [0, 0.1) is 6.08 Å². The van der Waals surface area contributed by atoms with Gasteiger partial charge in [-0.25, -0.2) is 0 Å². The maximum atomic E-state index is 14.1. The molecule has 1 heterocycles. The second-order valence-electron chi connectivity index (χ2n) is 8.29. The van der Waals surface area contributed by atoms with Crippen molar-refractivity contribution in [1.82, 2.24) is 4.57 Å². The van der Waals surface area contributed by atoms with Gasteiger partial charge < -0.3 is 4.90 Å². The van der Waals surface area contributed by atoms with Gasteiger partial charge in [-0.2, -0.15) is 0 Å². The van der Waals surface area contributed by atoms with E-state index in [-0.39, 0.29) is 11.3 Å². The van der Waals surface area contributed by atoms with E-state index in [1.165, 1.54) is 0 Å². The molecular weight excluding hydrogens is 420 g/mol. The minimum absolute atomic E-state index is 0.165. The highest BCUT2D eigenvalue weighted by molar-refractivity contribution is 6.13. The highest BCUT2D eigenvalue weighted by Gasteiger charge is 2.27. The molecular formula is C30H23N2O2. The van der Waals surface area contributed by atoms with Crippen LogP contribution in [0.5, 0.6) is 0 Å². The van der Waals surface area contributed by atoms with Crippen LogP contribution in [-0.4, -0.2) is 24.4 Å². The predicted molar refractivity (Wildman–Crippen MR) is 137 cm³/mol. The van der Waals surface area contributed by atoms with Gasteiger partial charge >= 0.3 is 0 Å². The number of Topliss-reactive ketones (excluding diaryl/α,β-unsaturated/α-hetero) is 1. The molecule has 0 aromatic heterocycles. The number of carbonyl (C=O) groups is 1. The molecule has 1 aliphatic heterocycles. The van der Waals surface area contributed by atoms with E-state index in [9.17, 15) is 9.59 Å². The van der Waals surface area contributed by atoms with Gasteiger partial charge in [-0.1, -0.05) is 72.8 Å². The summed E-state index contributed by atoms with van der Waals surface area (Å²) in [6, 6.07) is 27.2. The summed E-state index contributed by atoms with van der Waals surface area (Å²) < 4.78 is 1.72. The summed E-state index contributed by atoms with van der Waals surface area (Å²) in [5.41, 5.74) is 5.59. The number of allylic oxidation sites excluding steroid dienone is 5. The number of fused-ring (bicyclic) bond motifs is 1. The summed E-state index contributed by atoms with van der Waals surface area (Å²) in [6.07, 6.45) is 7.92. The first-order chi connectivity index (χ1) is 16.6. The van der Waals surface area contributed by atoms with Crippen molar-refractivity contribution in [1.29, 1.82) is 0 Å². The van der Waals surface area contributed by atoms with Crippen LogP contribution >= 0.6 is 0 Å². The Morgan fingerprint density at radius 1 is 0.824 bits per heavy atom. The van der Waals surface area contributed by atoms with Crippen LogP contribution in [0.1, 0.15) is 11.1 Å². The van der Waals surface area contributed by atoms with Gasteiger partial charge in [0.25, 0.3) is 5.56 Å². The number of rotatable bonds is 4. The fourth-order valence-electron chi connectivity index (χ4n) is 4.33. The number of hydrogen-bond acceptors (Lipinski definition) is 3. The highest BCUT2D eigenvalue weighted by atomic mass is 16.1. The smallest absolute Gasteiger partial charge is 0.264 e. The fourth-order valence-corrected chi connectivity index (χ4v) is 4.33. The third-order valence-electron chi connectivity index (χ3n) is 5.97. The summed E-state index contributed by atoms with van der Waals surface area (Å²) in [4.78, 5) is 29.1. The minimum atomic E-state index is -0.241. The number of aromatic nitrogens is 1. The summed E-state index contributed by atoms with van der Waals surface area (Å²) in [5, 5.41) is 0. The lowest BCUT2D eigenvalue weighted by molar-refractivity contribution is -0.111. The Balaban J connectivity index is 1.87. The molecule has 34 heavy (non-hydrogen) atoms. The molecule has 4 nitrogen and oxygen atoms in total. The lowest BCUT2D eigenvalue weighted by Crippen LogP contribution is -2.17. The molecule has 4 heteroatoms. The van der Waals surface area contributed by atoms with Crippen LogP contribution in [0.25, 0.3) is 22.5 Å². The Labute approximate surface area is 198 Å². The molecule has 2 aromatic carbocycles. The first-order valence-electron chi connectivity index (χ1n) is 11.1. The van der Waals surface area contributed by atoms with Crippen LogP contribution in [0.3, 0.4) is 0 Å². The van der Waals surface area contributed by atoms with Crippen LogP contribution in [0.4, 0.5) is 5.69 Å². The quantitative estimate of drug-likeness (QED) is 0.402. The van der Waals surface area contributed by atoms with Crippen molar-refractivity contribution < 1.29 is 4.79 Å². The molecule has 0 amide bonds. The zero-order chi connectivity index (χ0) is 23.7. The molecule has 0 fully saturated rings. The third kappa shape index (κ3) is 3.69. The SMILES string of the molecule is CN(C)c1ccc(C(=C2C=CC=[C]C2=O)c2c3cccccc-3n(-c3ccccc3)c2=O)cc1. The standard InChI is InChI=1S/C30H23N2O2/c1-31(2)22-19-17-21(18-20-22)28(25-14-9-10-16-27(25)33)29-24-13-7-4-8-15-26(24)32(30(29)34)23-11-5-3-6-12-23/h3-15,17-20H,1-2H3. The zero-order valence-corrected chi connectivity index (χ0v) is 19.0. The Hall–Kier alpha value is -4.44.